The number of aliphatic hydroxyl groups is 1. The fraction of sp³-hybridized carbons (Fsp3) is 0.900. The second kappa shape index (κ2) is 1.92. The van der Waals surface area contributed by atoms with Crippen molar-refractivity contribution in [3.8, 4) is 0 Å². The molecule has 13 heavy (non-hydrogen) atoms. The zero-order valence-electron chi connectivity index (χ0n) is 7.75. The lowest BCUT2D eigenvalue weighted by atomic mass is 9.57. The van der Waals surface area contributed by atoms with Gasteiger partial charge in [0.05, 0.1) is 18.6 Å². The quantitative estimate of drug-likeness (QED) is 0.607. The van der Waals surface area contributed by atoms with E-state index in [9.17, 15) is 9.90 Å². The molecular weight excluding hydrogens is 168 g/mol. The Morgan fingerprint density at radius 2 is 2.23 bits per heavy atom. The van der Waals surface area contributed by atoms with E-state index in [1.807, 2.05) is 0 Å². The van der Waals surface area contributed by atoms with Gasteiger partial charge in [-0.1, -0.05) is 0 Å². The van der Waals surface area contributed by atoms with Crippen LogP contribution in [0, 0.1) is 16.7 Å². The average Bonchev–Trinajstić information content (AvgIpc) is 2.64. The van der Waals surface area contributed by atoms with E-state index >= 15 is 0 Å². The molecule has 1 N–H and O–H groups in total. The molecule has 72 valence electrons. The molecule has 0 aromatic heterocycles. The molecule has 0 bridgehead atoms. The van der Waals surface area contributed by atoms with Gasteiger partial charge in [0.1, 0.15) is 0 Å². The maximum atomic E-state index is 11.6. The van der Waals surface area contributed by atoms with E-state index in [-0.39, 0.29) is 22.9 Å². The molecule has 3 aliphatic carbocycles. The summed E-state index contributed by atoms with van der Waals surface area (Å²) in [5.41, 5.74) is -0.327. The average molecular weight is 182 g/mol. The summed E-state index contributed by atoms with van der Waals surface area (Å²) in [6.07, 6.45) is 3.67. The van der Waals surface area contributed by atoms with E-state index in [0.717, 1.165) is 25.7 Å². The van der Waals surface area contributed by atoms with E-state index < -0.39 is 0 Å². The standard InChI is InChI=1S/C10H14O3/c1-13-8(12)9-3-2-6-7(11)10(6,9)5-4-9/h6-7,11H,2-5H2,1H3/t6?,7-,9?,10?/m1/s1. The highest BCUT2D eigenvalue weighted by molar-refractivity contribution is 5.81. The molecule has 0 heterocycles. The van der Waals surface area contributed by atoms with Gasteiger partial charge in [-0.2, -0.15) is 0 Å². The number of hydrogen-bond acceptors (Lipinski definition) is 3. The first kappa shape index (κ1) is 7.80. The van der Waals surface area contributed by atoms with Crippen LogP contribution in [-0.4, -0.2) is 24.3 Å². The molecule has 3 saturated carbocycles. The fourth-order valence-electron chi connectivity index (χ4n) is 3.95. The first-order valence-electron chi connectivity index (χ1n) is 4.95. The van der Waals surface area contributed by atoms with Gasteiger partial charge in [0, 0.05) is 5.41 Å². The summed E-state index contributed by atoms with van der Waals surface area (Å²) in [6.45, 7) is 0. The van der Waals surface area contributed by atoms with Gasteiger partial charge < -0.3 is 9.84 Å². The molecule has 0 aliphatic heterocycles. The SMILES string of the molecule is COC(=O)C12CCC3[C@@H](O)C31CC2. The van der Waals surface area contributed by atoms with Crippen molar-refractivity contribution < 1.29 is 14.6 Å². The van der Waals surface area contributed by atoms with Crippen LogP contribution in [0.5, 0.6) is 0 Å². The summed E-state index contributed by atoms with van der Waals surface area (Å²) in [6, 6.07) is 0. The Hall–Kier alpha value is -0.570. The third-order valence-electron chi connectivity index (χ3n) is 4.78. The number of aliphatic hydroxyl groups excluding tert-OH is 1. The lowest BCUT2D eigenvalue weighted by Gasteiger charge is -2.46. The lowest BCUT2D eigenvalue weighted by Crippen LogP contribution is -2.49. The van der Waals surface area contributed by atoms with Crippen LogP contribution in [0.1, 0.15) is 25.7 Å². The Kier molecular flexibility index (Phi) is 1.15. The largest absolute Gasteiger partial charge is 0.469 e. The van der Waals surface area contributed by atoms with Gasteiger partial charge in [0.15, 0.2) is 0 Å². The topological polar surface area (TPSA) is 46.5 Å². The van der Waals surface area contributed by atoms with Crippen molar-refractivity contribution in [2.75, 3.05) is 7.11 Å². The van der Waals surface area contributed by atoms with Crippen molar-refractivity contribution in [1.82, 2.24) is 0 Å². The summed E-state index contributed by atoms with van der Waals surface area (Å²) in [7, 11) is 1.45. The predicted octanol–water partition coefficient (Wildman–Crippen LogP) is 0.710. The summed E-state index contributed by atoms with van der Waals surface area (Å²) >= 11 is 0. The summed E-state index contributed by atoms with van der Waals surface area (Å²) < 4.78 is 4.85. The number of esters is 1. The van der Waals surface area contributed by atoms with Crippen LogP contribution in [0.15, 0.2) is 0 Å². The van der Waals surface area contributed by atoms with Crippen LogP contribution in [0.2, 0.25) is 0 Å². The molecule has 0 radical (unpaired) electrons. The van der Waals surface area contributed by atoms with Gasteiger partial charge in [-0.3, -0.25) is 4.79 Å². The van der Waals surface area contributed by atoms with Gasteiger partial charge in [0.2, 0.25) is 0 Å². The van der Waals surface area contributed by atoms with Crippen molar-refractivity contribution in [1.29, 1.82) is 0 Å². The van der Waals surface area contributed by atoms with Crippen LogP contribution in [0.4, 0.5) is 0 Å². The molecule has 3 unspecified atom stereocenters. The van der Waals surface area contributed by atoms with Crippen LogP contribution in [-0.2, 0) is 9.53 Å². The molecule has 0 aromatic rings. The molecule has 4 atom stereocenters. The predicted molar refractivity (Wildman–Crippen MR) is 44.8 cm³/mol. The first-order valence-corrected chi connectivity index (χ1v) is 4.95. The van der Waals surface area contributed by atoms with Gasteiger partial charge in [-0.15, -0.1) is 0 Å². The number of rotatable bonds is 1. The number of carbonyl (C=O) groups is 1. The van der Waals surface area contributed by atoms with Crippen molar-refractivity contribution in [2.24, 2.45) is 16.7 Å². The zero-order chi connectivity index (χ0) is 9.27. The maximum Gasteiger partial charge on any atom is 0.312 e. The third-order valence-corrected chi connectivity index (χ3v) is 4.78. The molecule has 3 heteroatoms. The minimum Gasteiger partial charge on any atom is -0.469 e. The number of ether oxygens (including phenoxy) is 1. The highest BCUT2D eigenvalue weighted by atomic mass is 16.5. The Balaban J connectivity index is 1.97. The fourth-order valence-corrected chi connectivity index (χ4v) is 3.95. The smallest absolute Gasteiger partial charge is 0.312 e. The van der Waals surface area contributed by atoms with E-state index in [0.29, 0.717) is 5.92 Å². The minimum absolute atomic E-state index is 0.0416. The van der Waals surface area contributed by atoms with Crippen molar-refractivity contribution in [2.45, 2.75) is 31.8 Å². The number of hydrogen-bond donors (Lipinski definition) is 1. The number of carbonyl (C=O) groups excluding carboxylic acids is 1. The Morgan fingerprint density at radius 1 is 1.46 bits per heavy atom. The second-order valence-electron chi connectivity index (χ2n) is 4.70. The van der Waals surface area contributed by atoms with Gasteiger partial charge >= 0.3 is 5.97 Å². The molecule has 0 amide bonds. The van der Waals surface area contributed by atoms with E-state index in [1.54, 1.807) is 0 Å². The van der Waals surface area contributed by atoms with Crippen molar-refractivity contribution >= 4 is 5.97 Å². The third kappa shape index (κ3) is 0.539. The summed E-state index contributed by atoms with van der Waals surface area (Å²) in [5.74, 6) is 0.318. The highest BCUT2D eigenvalue weighted by Gasteiger charge is 2.84. The summed E-state index contributed by atoms with van der Waals surface area (Å²) in [4.78, 5) is 11.6. The molecular formula is C10H14O3. The van der Waals surface area contributed by atoms with Crippen LogP contribution >= 0.6 is 0 Å². The van der Waals surface area contributed by atoms with Gasteiger partial charge in [0.25, 0.3) is 0 Å². The van der Waals surface area contributed by atoms with Crippen molar-refractivity contribution in [3.05, 3.63) is 0 Å². The molecule has 3 fully saturated rings. The van der Waals surface area contributed by atoms with E-state index in [2.05, 4.69) is 0 Å². The zero-order valence-corrected chi connectivity index (χ0v) is 7.75. The monoisotopic (exact) mass is 182 g/mol. The Bertz CT molecular complexity index is 288. The molecule has 0 aromatic carbocycles. The number of methoxy groups -OCH3 is 1. The van der Waals surface area contributed by atoms with Gasteiger partial charge in [-0.25, -0.2) is 0 Å². The second-order valence-corrected chi connectivity index (χ2v) is 4.70. The molecule has 0 saturated heterocycles. The summed E-state index contributed by atoms with van der Waals surface area (Å²) in [5, 5.41) is 9.73. The minimum atomic E-state index is -0.286. The van der Waals surface area contributed by atoms with Crippen LogP contribution < -0.4 is 0 Å². The van der Waals surface area contributed by atoms with E-state index in [4.69, 9.17) is 4.74 Å². The Morgan fingerprint density at radius 3 is 2.69 bits per heavy atom. The molecule has 3 rings (SSSR count). The van der Waals surface area contributed by atoms with E-state index in [1.165, 1.54) is 7.11 Å². The Labute approximate surface area is 77.1 Å². The maximum absolute atomic E-state index is 11.6. The lowest BCUT2D eigenvalue weighted by molar-refractivity contribution is -0.169. The normalized spacial score (nSPS) is 56.2. The molecule has 3 aliphatic rings. The van der Waals surface area contributed by atoms with Crippen LogP contribution in [0.3, 0.4) is 0 Å². The highest BCUT2D eigenvalue weighted by Crippen LogP contribution is 2.82. The van der Waals surface area contributed by atoms with Crippen LogP contribution in [0.25, 0.3) is 0 Å². The first-order chi connectivity index (χ1) is 6.19. The molecule has 3 nitrogen and oxygen atoms in total. The van der Waals surface area contributed by atoms with Gasteiger partial charge in [-0.05, 0) is 31.6 Å². The molecule has 1 spiro atoms. The van der Waals surface area contributed by atoms with Crippen molar-refractivity contribution in [3.63, 3.8) is 0 Å².